The van der Waals surface area contributed by atoms with Crippen LogP contribution in [0.5, 0.6) is 0 Å². The number of nitrogens with zero attached hydrogens (tertiary/aromatic N) is 2. The number of aliphatic carboxylic acids is 2. The lowest BCUT2D eigenvalue weighted by Crippen LogP contribution is -2.56. The van der Waals surface area contributed by atoms with E-state index in [-0.39, 0.29) is 24.2 Å². The van der Waals surface area contributed by atoms with Crippen molar-refractivity contribution in [2.45, 2.75) is 76.5 Å². The number of carbonyl (C=O) groups excluding carboxylic acids is 3. The summed E-state index contributed by atoms with van der Waals surface area (Å²) in [6, 6.07) is -3.60. The van der Waals surface area contributed by atoms with Gasteiger partial charge in [-0.25, -0.2) is 4.79 Å². The van der Waals surface area contributed by atoms with E-state index in [1.165, 1.54) is 9.80 Å². The molecule has 5 N–H and O–H groups in total. The third-order valence-electron chi connectivity index (χ3n) is 5.92. The maximum Gasteiger partial charge on any atom is 0.326 e. The number of hydrogen-bond donors (Lipinski definition) is 4. The van der Waals surface area contributed by atoms with Crippen molar-refractivity contribution in [3.05, 3.63) is 0 Å². The zero-order valence-corrected chi connectivity index (χ0v) is 18.0. The van der Waals surface area contributed by atoms with Crippen molar-refractivity contribution in [1.29, 1.82) is 0 Å². The molecular formula is C20H32N4O7. The van der Waals surface area contributed by atoms with Crippen LogP contribution in [0.25, 0.3) is 0 Å². The second kappa shape index (κ2) is 10.6. The number of carboxylic acid groups (broad SMARTS) is 2. The topological polar surface area (TPSA) is 170 Å². The molecule has 2 rings (SSSR count). The number of hydrogen-bond acceptors (Lipinski definition) is 6. The first-order valence-corrected chi connectivity index (χ1v) is 10.7. The monoisotopic (exact) mass is 440 g/mol. The second-order valence-corrected chi connectivity index (χ2v) is 8.48. The quantitative estimate of drug-likeness (QED) is 0.368. The molecule has 2 aliphatic heterocycles. The molecule has 2 fully saturated rings. The molecule has 4 unspecified atom stereocenters. The molecule has 0 aromatic rings. The Kier molecular flexibility index (Phi) is 8.37. The fourth-order valence-corrected chi connectivity index (χ4v) is 4.05. The second-order valence-electron chi connectivity index (χ2n) is 8.48. The smallest absolute Gasteiger partial charge is 0.326 e. The van der Waals surface area contributed by atoms with E-state index in [4.69, 9.17) is 10.8 Å². The molecule has 0 aliphatic carbocycles. The first kappa shape index (κ1) is 24.6. The number of nitrogens with two attached hydrogens (primary N) is 1. The van der Waals surface area contributed by atoms with Crippen LogP contribution in [0.1, 0.15) is 52.4 Å². The van der Waals surface area contributed by atoms with Crippen molar-refractivity contribution in [1.82, 2.24) is 15.1 Å². The highest BCUT2D eigenvalue weighted by atomic mass is 16.4. The van der Waals surface area contributed by atoms with Crippen LogP contribution in [0.15, 0.2) is 0 Å². The molecule has 0 bridgehead atoms. The van der Waals surface area contributed by atoms with E-state index in [9.17, 15) is 29.1 Å². The van der Waals surface area contributed by atoms with E-state index >= 15 is 0 Å². The highest BCUT2D eigenvalue weighted by molar-refractivity contribution is 5.95. The third-order valence-corrected chi connectivity index (χ3v) is 5.92. The third kappa shape index (κ3) is 5.93. The van der Waals surface area contributed by atoms with E-state index in [0.29, 0.717) is 38.8 Å². The normalized spacial score (nSPS) is 23.0. The maximum atomic E-state index is 13.2. The summed E-state index contributed by atoms with van der Waals surface area (Å²) < 4.78 is 0. The minimum absolute atomic E-state index is 0.0760. The van der Waals surface area contributed by atoms with Crippen molar-refractivity contribution >= 4 is 29.7 Å². The van der Waals surface area contributed by atoms with Crippen LogP contribution in [0.4, 0.5) is 0 Å². The maximum absolute atomic E-state index is 13.2. The van der Waals surface area contributed by atoms with Crippen LogP contribution in [0.3, 0.4) is 0 Å². The van der Waals surface area contributed by atoms with Crippen molar-refractivity contribution in [3.63, 3.8) is 0 Å². The molecule has 0 radical (unpaired) electrons. The first-order valence-electron chi connectivity index (χ1n) is 10.7. The zero-order chi connectivity index (χ0) is 23.3. The average molecular weight is 440 g/mol. The Morgan fingerprint density at radius 2 is 1.58 bits per heavy atom. The van der Waals surface area contributed by atoms with Crippen LogP contribution in [-0.4, -0.2) is 86.9 Å². The molecular weight excluding hydrogens is 408 g/mol. The summed E-state index contributed by atoms with van der Waals surface area (Å²) in [6.45, 7) is 4.42. The number of amides is 3. The SMILES string of the molecule is CC(C)C(N)C(=O)N1CCCC1C(=O)N1CCCC1C(=O)NC(CCC(=O)O)C(=O)O. The molecule has 11 nitrogen and oxygen atoms in total. The standard InChI is InChI=1S/C20H32N4O7/c1-11(2)16(21)19(29)24-10-4-6-14(24)18(28)23-9-3-5-13(23)17(27)22-12(20(30)31)7-8-15(25)26/h11-14,16H,3-10,21H2,1-2H3,(H,22,27)(H,25,26)(H,30,31). The van der Waals surface area contributed by atoms with Crippen LogP contribution in [-0.2, 0) is 24.0 Å². The lowest BCUT2D eigenvalue weighted by atomic mass is 10.0. The predicted molar refractivity (Wildman–Crippen MR) is 109 cm³/mol. The Bertz CT molecular complexity index is 726. The minimum atomic E-state index is -1.35. The number of rotatable bonds is 9. The van der Waals surface area contributed by atoms with Gasteiger partial charge in [0, 0.05) is 19.5 Å². The van der Waals surface area contributed by atoms with E-state index in [0.717, 1.165) is 0 Å². The van der Waals surface area contributed by atoms with Crippen molar-refractivity contribution in [2.75, 3.05) is 13.1 Å². The summed E-state index contributed by atoms with van der Waals surface area (Å²) in [6.07, 6.45) is 1.43. The minimum Gasteiger partial charge on any atom is -0.481 e. The summed E-state index contributed by atoms with van der Waals surface area (Å²) in [7, 11) is 0. The molecule has 2 aliphatic rings. The predicted octanol–water partition coefficient (Wildman–Crippen LogP) is -0.614. The van der Waals surface area contributed by atoms with E-state index < -0.39 is 48.4 Å². The van der Waals surface area contributed by atoms with Crippen molar-refractivity contribution in [2.24, 2.45) is 11.7 Å². The van der Waals surface area contributed by atoms with Gasteiger partial charge in [-0.1, -0.05) is 13.8 Å². The van der Waals surface area contributed by atoms with Crippen LogP contribution in [0, 0.1) is 5.92 Å². The largest absolute Gasteiger partial charge is 0.481 e. The van der Waals surface area contributed by atoms with E-state index in [2.05, 4.69) is 5.32 Å². The van der Waals surface area contributed by atoms with Gasteiger partial charge in [0.25, 0.3) is 0 Å². The summed E-state index contributed by atoms with van der Waals surface area (Å²) in [5, 5.41) is 20.4. The first-order chi connectivity index (χ1) is 14.5. The van der Waals surface area contributed by atoms with Crippen molar-refractivity contribution in [3.8, 4) is 0 Å². The number of nitrogens with one attached hydrogen (secondary N) is 1. The molecule has 0 spiro atoms. The van der Waals surface area contributed by atoms with Gasteiger partial charge < -0.3 is 31.1 Å². The Morgan fingerprint density at radius 1 is 1.00 bits per heavy atom. The van der Waals surface area contributed by atoms with Gasteiger partial charge >= 0.3 is 11.9 Å². The highest BCUT2D eigenvalue weighted by Crippen LogP contribution is 2.26. The number of carbonyl (C=O) groups is 5. The van der Waals surface area contributed by atoms with E-state index in [1.54, 1.807) is 0 Å². The Hall–Kier alpha value is -2.69. The molecule has 31 heavy (non-hydrogen) atoms. The van der Waals surface area contributed by atoms with Crippen LogP contribution in [0.2, 0.25) is 0 Å². The number of likely N-dealkylation sites (tertiary alicyclic amines) is 2. The Labute approximate surface area is 180 Å². The van der Waals surface area contributed by atoms with Gasteiger partial charge in [-0.15, -0.1) is 0 Å². The molecule has 0 aromatic carbocycles. The summed E-state index contributed by atoms with van der Waals surface area (Å²) in [5.74, 6) is -3.82. The molecule has 11 heteroatoms. The number of carboxylic acids is 2. The fraction of sp³-hybridized carbons (Fsp3) is 0.750. The van der Waals surface area contributed by atoms with E-state index in [1.807, 2.05) is 13.8 Å². The molecule has 2 saturated heterocycles. The van der Waals surface area contributed by atoms with Gasteiger partial charge in [-0.05, 0) is 38.0 Å². The molecule has 174 valence electrons. The summed E-state index contributed by atoms with van der Waals surface area (Å²) in [4.78, 5) is 63.7. The van der Waals surface area contributed by atoms with Gasteiger partial charge in [0.1, 0.15) is 18.1 Å². The van der Waals surface area contributed by atoms with Gasteiger partial charge in [0.15, 0.2) is 0 Å². The van der Waals surface area contributed by atoms with Gasteiger partial charge in [0.2, 0.25) is 17.7 Å². The lowest BCUT2D eigenvalue weighted by Gasteiger charge is -2.33. The van der Waals surface area contributed by atoms with Gasteiger partial charge in [-0.2, -0.15) is 0 Å². The molecule has 3 amide bonds. The fourth-order valence-electron chi connectivity index (χ4n) is 4.05. The average Bonchev–Trinajstić information content (AvgIpc) is 3.38. The molecule has 0 saturated carbocycles. The summed E-state index contributed by atoms with van der Waals surface area (Å²) in [5.41, 5.74) is 5.99. The molecule has 0 aromatic heterocycles. The molecule has 2 heterocycles. The zero-order valence-electron chi connectivity index (χ0n) is 18.0. The summed E-state index contributed by atoms with van der Waals surface area (Å²) >= 11 is 0. The highest BCUT2D eigenvalue weighted by Gasteiger charge is 2.43. The lowest BCUT2D eigenvalue weighted by molar-refractivity contribution is -0.148. The van der Waals surface area contributed by atoms with Gasteiger partial charge in [-0.3, -0.25) is 19.2 Å². The van der Waals surface area contributed by atoms with Crippen LogP contribution < -0.4 is 11.1 Å². The van der Waals surface area contributed by atoms with Crippen molar-refractivity contribution < 1.29 is 34.2 Å². The Morgan fingerprint density at radius 3 is 2.13 bits per heavy atom. The Balaban J connectivity index is 2.08. The molecule has 4 atom stereocenters. The van der Waals surface area contributed by atoms with Gasteiger partial charge in [0.05, 0.1) is 6.04 Å². The van der Waals surface area contributed by atoms with Crippen LogP contribution >= 0.6 is 0 Å².